The number of carbonyl (C=O) groups excluding carboxylic acids is 3. The van der Waals surface area contributed by atoms with Crippen LogP contribution in [0.5, 0.6) is 0 Å². The van der Waals surface area contributed by atoms with E-state index in [0.29, 0.717) is 24.8 Å². The van der Waals surface area contributed by atoms with Crippen LogP contribution in [-0.2, 0) is 28.6 Å². The van der Waals surface area contributed by atoms with Gasteiger partial charge in [0.15, 0.2) is 11.6 Å². The summed E-state index contributed by atoms with van der Waals surface area (Å²) in [6.07, 6.45) is 14.5. The van der Waals surface area contributed by atoms with E-state index in [0.717, 1.165) is 76.2 Å². The first-order valence-electron chi connectivity index (χ1n) is 19.5. The van der Waals surface area contributed by atoms with Gasteiger partial charge in [-0.3, -0.25) is 14.4 Å². The molecule has 0 unspecified atom stereocenters. The second-order valence-corrected chi connectivity index (χ2v) is 15.7. The Morgan fingerprint density at radius 1 is 0.900 bits per heavy atom. The number of rotatable bonds is 18. The lowest BCUT2D eigenvalue weighted by Gasteiger charge is -2.48. The average molecular weight is 705 g/mol. The van der Waals surface area contributed by atoms with Gasteiger partial charge in [-0.25, -0.2) is 0 Å². The molecule has 3 rings (SSSR count). The number of aliphatic hydroxyl groups excluding tert-OH is 2. The van der Waals surface area contributed by atoms with Crippen molar-refractivity contribution >= 4 is 17.6 Å². The SMILES string of the molecule is C/C=C/C(=O)C[C@H]1CC[C@H](C)[C@@H](CC(=O)NC[C@H](O)[C@@H](C)C(=O)NCCC[C@H]2O[C@@]3(CCC[C@@H](CC[C@H](C)/C=C(\C)[C@H](C)O)O3)CC[C@@H]2C)O1. The van der Waals surface area contributed by atoms with Crippen LogP contribution < -0.4 is 10.6 Å². The Morgan fingerprint density at radius 3 is 2.36 bits per heavy atom. The van der Waals surface area contributed by atoms with Gasteiger partial charge in [0.05, 0.1) is 49.0 Å². The summed E-state index contributed by atoms with van der Waals surface area (Å²) in [7, 11) is 0. The van der Waals surface area contributed by atoms with Gasteiger partial charge < -0.3 is 35.1 Å². The lowest BCUT2D eigenvalue weighted by atomic mass is 9.85. The summed E-state index contributed by atoms with van der Waals surface area (Å²) in [4.78, 5) is 37.6. The number of allylic oxidation sites excluding steroid dienone is 3. The summed E-state index contributed by atoms with van der Waals surface area (Å²) in [6, 6.07) is 0. The van der Waals surface area contributed by atoms with Crippen LogP contribution >= 0.6 is 0 Å². The summed E-state index contributed by atoms with van der Waals surface area (Å²) < 4.78 is 19.5. The number of nitrogens with one attached hydrogen (secondary N) is 2. The third-order valence-electron chi connectivity index (χ3n) is 11.2. The van der Waals surface area contributed by atoms with E-state index in [1.54, 1.807) is 26.0 Å². The third-order valence-corrected chi connectivity index (χ3v) is 11.2. The zero-order chi connectivity index (χ0) is 36.8. The Labute approximate surface area is 301 Å². The monoisotopic (exact) mass is 704 g/mol. The van der Waals surface area contributed by atoms with Gasteiger partial charge in [0, 0.05) is 32.4 Å². The first-order valence-corrected chi connectivity index (χ1v) is 19.5. The van der Waals surface area contributed by atoms with E-state index in [4.69, 9.17) is 14.2 Å². The molecule has 1 spiro atoms. The molecule has 11 atom stereocenters. The second-order valence-electron chi connectivity index (χ2n) is 15.7. The second kappa shape index (κ2) is 20.8. The Morgan fingerprint density at radius 2 is 1.64 bits per heavy atom. The van der Waals surface area contributed by atoms with Gasteiger partial charge in [-0.2, -0.15) is 0 Å². The molecular weight excluding hydrogens is 636 g/mol. The Kier molecular flexibility index (Phi) is 17.6. The van der Waals surface area contributed by atoms with Crippen LogP contribution in [0, 0.1) is 23.7 Å². The molecule has 3 saturated heterocycles. The van der Waals surface area contributed by atoms with Crippen LogP contribution in [0.3, 0.4) is 0 Å². The summed E-state index contributed by atoms with van der Waals surface area (Å²) in [5.74, 6) is -0.680. The van der Waals surface area contributed by atoms with Crippen LogP contribution in [0.4, 0.5) is 0 Å². The van der Waals surface area contributed by atoms with E-state index in [9.17, 15) is 24.6 Å². The predicted octanol–water partition coefficient (Wildman–Crippen LogP) is 5.93. The Hall–Kier alpha value is -2.11. The van der Waals surface area contributed by atoms with Crippen molar-refractivity contribution in [2.75, 3.05) is 13.1 Å². The molecular formula is C40H68N2O8. The van der Waals surface area contributed by atoms with Gasteiger partial charge >= 0.3 is 0 Å². The number of hydrogen-bond acceptors (Lipinski definition) is 8. The zero-order valence-corrected chi connectivity index (χ0v) is 32.0. The maximum absolute atomic E-state index is 12.9. The molecule has 50 heavy (non-hydrogen) atoms. The Bertz CT molecular complexity index is 1140. The lowest BCUT2D eigenvalue weighted by molar-refractivity contribution is -0.324. The van der Waals surface area contributed by atoms with Gasteiger partial charge in [-0.15, -0.1) is 0 Å². The third kappa shape index (κ3) is 13.8. The molecule has 3 heterocycles. The normalized spacial score (nSPS) is 31.6. The molecule has 3 fully saturated rings. The van der Waals surface area contributed by atoms with E-state index in [1.165, 1.54) is 0 Å². The molecule has 0 saturated carbocycles. The topological polar surface area (TPSA) is 143 Å². The van der Waals surface area contributed by atoms with Gasteiger partial charge in [0.25, 0.3) is 0 Å². The smallest absolute Gasteiger partial charge is 0.225 e. The van der Waals surface area contributed by atoms with Gasteiger partial charge in [-0.1, -0.05) is 39.8 Å². The van der Waals surface area contributed by atoms with Crippen molar-refractivity contribution in [2.24, 2.45) is 23.7 Å². The van der Waals surface area contributed by atoms with E-state index in [-0.39, 0.29) is 60.9 Å². The van der Waals surface area contributed by atoms with Crippen molar-refractivity contribution in [1.82, 2.24) is 10.6 Å². The molecule has 4 N–H and O–H groups in total. The highest BCUT2D eigenvalue weighted by Gasteiger charge is 2.44. The fourth-order valence-corrected chi connectivity index (χ4v) is 7.51. The summed E-state index contributed by atoms with van der Waals surface area (Å²) in [5, 5.41) is 26.2. The molecule has 286 valence electrons. The van der Waals surface area contributed by atoms with Gasteiger partial charge in [-0.05, 0) is 108 Å². The molecule has 0 bridgehead atoms. The van der Waals surface area contributed by atoms with E-state index in [1.807, 2.05) is 20.8 Å². The minimum Gasteiger partial charge on any atom is -0.390 e. The highest BCUT2D eigenvalue weighted by molar-refractivity contribution is 5.89. The molecule has 3 aliphatic heterocycles. The average Bonchev–Trinajstić information content (AvgIpc) is 3.07. The highest BCUT2D eigenvalue weighted by atomic mass is 16.7. The molecule has 2 amide bonds. The van der Waals surface area contributed by atoms with Crippen molar-refractivity contribution in [3.8, 4) is 0 Å². The quantitative estimate of drug-likeness (QED) is 0.0782. The molecule has 3 aliphatic rings. The Balaban J connectivity index is 1.36. The first-order chi connectivity index (χ1) is 23.7. The molecule has 0 aromatic carbocycles. The van der Waals surface area contributed by atoms with Crippen LogP contribution in [0.2, 0.25) is 0 Å². The van der Waals surface area contributed by atoms with Crippen LogP contribution in [-0.4, -0.2) is 83.3 Å². The van der Waals surface area contributed by atoms with E-state index in [2.05, 4.69) is 30.6 Å². The van der Waals surface area contributed by atoms with Crippen molar-refractivity contribution in [3.05, 3.63) is 23.8 Å². The van der Waals surface area contributed by atoms with Crippen LogP contribution in [0.15, 0.2) is 23.8 Å². The van der Waals surface area contributed by atoms with Crippen LogP contribution in [0.1, 0.15) is 132 Å². The lowest BCUT2D eigenvalue weighted by Crippen LogP contribution is -2.50. The molecule has 10 nitrogen and oxygen atoms in total. The van der Waals surface area contributed by atoms with Crippen molar-refractivity contribution in [2.45, 2.75) is 174 Å². The fourth-order valence-electron chi connectivity index (χ4n) is 7.51. The molecule has 0 aromatic heterocycles. The molecule has 0 radical (unpaired) electrons. The van der Waals surface area contributed by atoms with Crippen LogP contribution in [0.25, 0.3) is 0 Å². The van der Waals surface area contributed by atoms with Gasteiger partial charge in [0.1, 0.15) is 0 Å². The standard InChI is InChI=1S/C40H68N2O8/c1-8-11-32(44)23-34-17-15-27(3)37(48-34)24-38(46)42-25-35(45)30(6)39(47)41-21-10-13-36-28(4)18-20-40(50-36)19-9-12-33(49-40)16-14-26(2)22-29(5)31(7)43/h8,11,22,26-28,30-31,33-37,43,45H,9-10,12-21,23-25H2,1-7H3,(H,41,47)(H,42,46)/b11-8+,29-22+/t26-,27-,28-,30+,31-,33-,34+,35-,36+,37+,40-/m0/s1. The van der Waals surface area contributed by atoms with E-state index >= 15 is 0 Å². The number of carbonyl (C=O) groups is 3. The number of ether oxygens (including phenoxy) is 3. The maximum atomic E-state index is 12.9. The summed E-state index contributed by atoms with van der Waals surface area (Å²) >= 11 is 0. The predicted molar refractivity (Wildman–Crippen MR) is 195 cm³/mol. The summed E-state index contributed by atoms with van der Waals surface area (Å²) in [5.41, 5.74) is 1.01. The van der Waals surface area contributed by atoms with Crippen molar-refractivity contribution < 1.29 is 38.8 Å². The number of aliphatic hydroxyl groups is 2. The fraction of sp³-hybridized carbons (Fsp3) is 0.825. The molecule has 0 aromatic rings. The molecule has 0 aliphatic carbocycles. The number of hydrogen-bond donors (Lipinski definition) is 4. The zero-order valence-electron chi connectivity index (χ0n) is 32.0. The van der Waals surface area contributed by atoms with E-state index < -0.39 is 23.9 Å². The minimum atomic E-state index is -1.02. The number of ketones is 1. The van der Waals surface area contributed by atoms with Crippen molar-refractivity contribution in [1.29, 1.82) is 0 Å². The number of amides is 2. The molecule has 10 heteroatoms. The summed E-state index contributed by atoms with van der Waals surface area (Å²) in [6.45, 7) is 14.2. The minimum absolute atomic E-state index is 0.0223. The first kappa shape index (κ1) is 42.3. The largest absolute Gasteiger partial charge is 0.390 e. The van der Waals surface area contributed by atoms with Gasteiger partial charge in [0.2, 0.25) is 11.8 Å². The maximum Gasteiger partial charge on any atom is 0.225 e. The highest BCUT2D eigenvalue weighted by Crippen LogP contribution is 2.43. The van der Waals surface area contributed by atoms with Crippen molar-refractivity contribution in [3.63, 3.8) is 0 Å².